The van der Waals surface area contributed by atoms with Crippen LogP contribution in [0.3, 0.4) is 0 Å². The molecule has 0 aromatic carbocycles. The van der Waals surface area contributed by atoms with E-state index < -0.39 is 18.1 Å². The summed E-state index contributed by atoms with van der Waals surface area (Å²) in [6.07, 6.45) is -2.59. The van der Waals surface area contributed by atoms with Crippen LogP contribution in [0.1, 0.15) is 65.7 Å². The number of aromatic nitrogens is 4. The number of nitrogens with zero attached hydrogens (tertiary/aromatic N) is 4. The van der Waals surface area contributed by atoms with E-state index in [0.717, 1.165) is 34.5 Å². The number of anilines is 1. The Morgan fingerprint density at radius 3 is 2.57 bits per heavy atom. The first-order valence-electron chi connectivity index (χ1n) is 10.3. The Kier molecular flexibility index (Phi) is 5.06. The predicted octanol–water partition coefficient (Wildman–Crippen LogP) is 3.69. The highest BCUT2D eigenvalue weighted by Gasteiger charge is 2.49. The molecule has 0 unspecified atom stereocenters. The van der Waals surface area contributed by atoms with Gasteiger partial charge >= 0.3 is 6.18 Å². The van der Waals surface area contributed by atoms with Crippen LogP contribution in [0, 0.1) is 26.7 Å². The third-order valence-corrected chi connectivity index (χ3v) is 6.31. The normalized spacial score (nSPS) is 22.4. The maximum Gasteiger partial charge on any atom is 0.410 e. The molecule has 164 valence electrons. The Bertz CT molecular complexity index is 959. The molecule has 2 aliphatic rings. The molecule has 30 heavy (non-hydrogen) atoms. The number of nitrogens with one attached hydrogen (secondary N) is 2. The smallest absolute Gasteiger partial charge is 0.367 e. The van der Waals surface area contributed by atoms with Crippen LogP contribution in [0.2, 0.25) is 0 Å². The summed E-state index contributed by atoms with van der Waals surface area (Å²) in [5.41, 5.74) is 3.04. The molecule has 2 aromatic heterocycles. The van der Waals surface area contributed by atoms with Crippen LogP contribution in [0.15, 0.2) is 6.07 Å². The molecule has 1 saturated carbocycles. The molecule has 7 nitrogen and oxygen atoms in total. The summed E-state index contributed by atoms with van der Waals surface area (Å²) in [5.74, 6) is 0.0291. The maximum atomic E-state index is 13.6. The second-order valence-electron chi connectivity index (χ2n) is 8.54. The van der Waals surface area contributed by atoms with Gasteiger partial charge in [0, 0.05) is 24.3 Å². The highest BCUT2D eigenvalue weighted by molar-refractivity contribution is 5.93. The fourth-order valence-electron chi connectivity index (χ4n) is 4.11. The largest absolute Gasteiger partial charge is 0.410 e. The molecule has 2 aromatic rings. The number of aryl methyl sites for hydroxylation is 1. The molecular formula is C20H27F3N6O. The van der Waals surface area contributed by atoms with Crippen molar-refractivity contribution in [2.45, 2.75) is 71.3 Å². The van der Waals surface area contributed by atoms with Crippen LogP contribution >= 0.6 is 0 Å². The van der Waals surface area contributed by atoms with Crippen LogP contribution in [0.5, 0.6) is 0 Å². The fourth-order valence-corrected chi connectivity index (χ4v) is 4.11. The summed E-state index contributed by atoms with van der Waals surface area (Å²) in [4.78, 5) is 12.6. The number of alkyl halides is 3. The first kappa shape index (κ1) is 20.7. The number of rotatable bonds is 5. The van der Waals surface area contributed by atoms with Gasteiger partial charge in [0.15, 0.2) is 11.7 Å². The fraction of sp³-hybridized carbons (Fsp3) is 0.650. The van der Waals surface area contributed by atoms with E-state index in [1.165, 1.54) is 6.07 Å². The molecule has 2 N–H and O–H groups in total. The van der Waals surface area contributed by atoms with Gasteiger partial charge in [-0.15, -0.1) is 0 Å². The summed E-state index contributed by atoms with van der Waals surface area (Å²) >= 11 is 0. The minimum absolute atomic E-state index is 0.0139. The third-order valence-electron chi connectivity index (χ3n) is 6.31. The lowest BCUT2D eigenvalue weighted by atomic mass is 10.0. The Morgan fingerprint density at radius 2 is 2.00 bits per heavy atom. The van der Waals surface area contributed by atoms with Crippen molar-refractivity contribution in [1.29, 1.82) is 0 Å². The summed E-state index contributed by atoms with van der Waals surface area (Å²) in [6.45, 7) is 8.12. The zero-order valence-electron chi connectivity index (χ0n) is 17.5. The van der Waals surface area contributed by atoms with Gasteiger partial charge in [0.25, 0.3) is 5.91 Å². The molecule has 1 aliphatic heterocycles. The molecule has 4 rings (SSSR count). The first-order valence-corrected chi connectivity index (χ1v) is 10.3. The zero-order valence-corrected chi connectivity index (χ0v) is 17.5. The second kappa shape index (κ2) is 7.31. The molecule has 1 aliphatic carbocycles. The third kappa shape index (κ3) is 3.79. The Labute approximate surface area is 173 Å². The Balaban J connectivity index is 1.48. The summed E-state index contributed by atoms with van der Waals surface area (Å²) in [5, 5.41) is 14.4. The van der Waals surface area contributed by atoms with Gasteiger partial charge in [-0.3, -0.25) is 9.48 Å². The molecule has 0 spiro atoms. The maximum absolute atomic E-state index is 13.6. The van der Waals surface area contributed by atoms with Crippen LogP contribution in [-0.4, -0.2) is 44.2 Å². The standard InChI is InChI=1S/C20H27F3N6O/c1-10(28-13(4)11(2)12(3)26-28)9-24-19(30)16-8-18-25-15(14-5-6-14)7-17(20(21,22)23)29(18)27-16/h8,10,14-15,17,25H,5-7,9H2,1-4H3,(H,24,30)/t10-,15-,17+/m0/s1. The van der Waals surface area contributed by atoms with Gasteiger partial charge in [-0.25, -0.2) is 4.68 Å². The van der Waals surface area contributed by atoms with Crippen molar-refractivity contribution >= 4 is 11.7 Å². The van der Waals surface area contributed by atoms with Crippen LogP contribution < -0.4 is 10.6 Å². The number of carbonyl (C=O) groups excluding carboxylic acids is 1. The molecule has 0 bridgehead atoms. The van der Waals surface area contributed by atoms with Crippen LogP contribution in [-0.2, 0) is 0 Å². The molecule has 3 atom stereocenters. The average Bonchev–Trinajstić information content (AvgIpc) is 3.39. The monoisotopic (exact) mass is 424 g/mol. The Morgan fingerprint density at radius 1 is 1.30 bits per heavy atom. The van der Waals surface area contributed by atoms with E-state index in [9.17, 15) is 18.0 Å². The van der Waals surface area contributed by atoms with E-state index in [-0.39, 0.29) is 35.9 Å². The molecule has 1 amide bonds. The molecule has 0 radical (unpaired) electrons. The van der Waals surface area contributed by atoms with Gasteiger partial charge in [0.05, 0.1) is 11.7 Å². The first-order chi connectivity index (χ1) is 14.1. The molecule has 10 heteroatoms. The highest BCUT2D eigenvalue weighted by atomic mass is 19.4. The molecular weight excluding hydrogens is 397 g/mol. The number of fused-ring (bicyclic) bond motifs is 1. The van der Waals surface area contributed by atoms with E-state index in [0.29, 0.717) is 6.54 Å². The summed E-state index contributed by atoms with van der Waals surface area (Å²) in [7, 11) is 0. The lowest BCUT2D eigenvalue weighted by molar-refractivity contribution is -0.174. The van der Waals surface area contributed by atoms with Crippen molar-refractivity contribution in [3.8, 4) is 0 Å². The van der Waals surface area contributed by atoms with Gasteiger partial charge in [-0.05, 0) is 58.4 Å². The zero-order chi connectivity index (χ0) is 21.8. The number of hydrogen-bond acceptors (Lipinski definition) is 4. The van der Waals surface area contributed by atoms with Crippen LogP contribution in [0.25, 0.3) is 0 Å². The molecule has 3 heterocycles. The van der Waals surface area contributed by atoms with E-state index >= 15 is 0 Å². The summed E-state index contributed by atoms with van der Waals surface area (Å²) in [6, 6.07) is -0.622. The van der Waals surface area contributed by atoms with E-state index in [1.54, 1.807) is 0 Å². The molecule has 1 fully saturated rings. The molecule has 0 saturated heterocycles. The highest BCUT2D eigenvalue weighted by Crippen LogP contribution is 2.45. The Hall–Kier alpha value is -2.52. The van der Waals surface area contributed by atoms with Gasteiger partial charge < -0.3 is 10.6 Å². The van der Waals surface area contributed by atoms with Crippen molar-refractivity contribution in [3.63, 3.8) is 0 Å². The minimum atomic E-state index is -4.41. The van der Waals surface area contributed by atoms with Crippen molar-refractivity contribution in [3.05, 3.63) is 28.7 Å². The lowest BCUT2D eigenvalue weighted by Gasteiger charge is -2.33. The number of amides is 1. The SMILES string of the molecule is Cc1nn([C@@H](C)CNC(=O)c2cc3n(n2)[C@@H](C(F)(F)F)C[C@@H](C2CC2)N3)c(C)c1C. The van der Waals surface area contributed by atoms with Crippen molar-refractivity contribution in [2.75, 3.05) is 11.9 Å². The number of hydrogen-bond donors (Lipinski definition) is 2. The predicted molar refractivity (Wildman–Crippen MR) is 106 cm³/mol. The number of halogens is 3. The van der Waals surface area contributed by atoms with Crippen molar-refractivity contribution < 1.29 is 18.0 Å². The van der Waals surface area contributed by atoms with Gasteiger partial charge in [0.1, 0.15) is 5.82 Å². The van der Waals surface area contributed by atoms with E-state index in [2.05, 4.69) is 20.8 Å². The van der Waals surface area contributed by atoms with E-state index in [1.807, 2.05) is 32.4 Å². The summed E-state index contributed by atoms with van der Waals surface area (Å²) < 4.78 is 43.6. The van der Waals surface area contributed by atoms with Crippen LogP contribution in [0.4, 0.5) is 19.0 Å². The van der Waals surface area contributed by atoms with Gasteiger partial charge in [-0.1, -0.05) is 0 Å². The van der Waals surface area contributed by atoms with Crippen molar-refractivity contribution in [1.82, 2.24) is 24.9 Å². The average molecular weight is 424 g/mol. The minimum Gasteiger partial charge on any atom is -0.367 e. The van der Waals surface area contributed by atoms with E-state index in [4.69, 9.17) is 0 Å². The topological polar surface area (TPSA) is 76.8 Å². The van der Waals surface area contributed by atoms with Gasteiger partial charge in [-0.2, -0.15) is 23.4 Å². The second-order valence-corrected chi connectivity index (χ2v) is 8.54. The van der Waals surface area contributed by atoms with Crippen molar-refractivity contribution in [2.24, 2.45) is 5.92 Å². The quantitative estimate of drug-likeness (QED) is 0.768. The number of carbonyl (C=O) groups is 1. The van der Waals surface area contributed by atoms with Gasteiger partial charge in [0.2, 0.25) is 0 Å². The lowest BCUT2D eigenvalue weighted by Crippen LogP contribution is -2.40.